The molecule has 0 fully saturated rings. The number of anilines is 1. The lowest BCUT2D eigenvalue weighted by atomic mass is 9.95. The zero-order valence-corrected chi connectivity index (χ0v) is 14.4. The number of amides is 2. The second-order valence-electron chi connectivity index (χ2n) is 6.19. The van der Waals surface area contributed by atoms with Gasteiger partial charge in [0, 0.05) is 4.88 Å². The Kier molecular flexibility index (Phi) is 4.09. The number of ether oxygens (including phenoxy) is 2. The number of primary amides is 1. The molecule has 130 valence electrons. The number of thiophene rings is 1. The Morgan fingerprint density at radius 1 is 1.16 bits per heavy atom. The third-order valence-electron chi connectivity index (χ3n) is 4.47. The number of aryl methyl sites for hydroxylation is 1. The molecule has 6 nitrogen and oxygen atoms in total. The Morgan fingerprint density at radius 2 is 1.96 bits per heavy atom. The van der Waals surface area contributed by atoms with Crippen LogP contribution in [0.3, 0.4) is 0 Å². The Morgan fingerprint density at radius 3 is 2.80 bits per heavy atom. The van der Waals surface area contributed by atoms with Crippen molar-refractivity contribution in [1.82, 2.24) is 0 Å². The van der Waals surface area contributed by atoms with Crippen LogP contribution in [0.25, 0.3) is 0 Å². The van der Waals surface area contributed by atoms with Crippen LogP contribution in [-0.4, -0.2) is 18.6 Å². The highest BCUT2D eigenvalue weighted by Crippen LogP contribution is 2.38. The number of hydrogen-bond acceptors (Lipinski definition) is 5. The molecule has 3 N–H and O–H groups in total. The van der Waals surface area contributed by atoms with Crippen molar-refractivity contribution >= 4 is 28.2 Å². The van der Waals surface area contributed by atoms with E-state index in [0.717, 1.165) is 36.8 Å². The third-order valence-corrected chi connectivity index (χ3v) is 5.68. The normalized spacial score (nSPS) is 14.9. The maximum Gasteiger partial charge on any atom is 0.251 e. The van der Waals surface area contributed by atoms with Gasteiger partial charge < -0.3 is 20.5 Å². The number of benzene rings is 1. The standard InChI is InChI=1S/C18H18N2O4S/c19-17(22)16-11-3-1-2-4-14(11)25-18(16)20-15(21)8-10-5-6-12-13(7-10)24-9-23-12/h5-7H,1-4,8-9H2,(H2,19,22)(H,20,21). The molecule has 2 aliphatic rings. The highest BCUT2D eigenvalue weighted by atomic mass is 32.1. The molecule has 0 saturated carbocycles. The van der Waals surface area contributed by atoms with E-state index >= 15 is 0 Å². The number of hydrogen-bond donors (Lipinski definition) is 2. The van der Waals surface area contributed by atoms with Crippen LogP contribution in [0.4, 0.5) is 5.00 Å². The summed E-state index contributed by atoms with van der Waals surface area (Å²) >= 11 is 1.47. The molecule has 4 rings (SSSR count). The van der Waals surface area contributed by atoms with E-state index in [2.05, 4.69) is 5.32 Å². The second kappa shape index (κ2) is 6.40. The van der Waals surface area contributed by atoms with Crippen LogP contribution in [0, 0.1) is 0 Å². The molecule has 2 heterocycles. The predicted octanol–water partition coefficient (Wildman–Crippen LogP) is 2.64. The fourth-order valence-corrected chi connectivity index (χ4v) is 4.63. The Bertz CT molecular complexity index is 859. The summed E-state index contributed by atoms with van der Waals surface area (Å²) in [5.74, 6) is 0.679. The van der Waals surface area contributed by atoms with Crippen LogP contribution in [0.1, 0.15) is 39.2 Å². The number of carbonyl (C=O) groups excluding carboxylic acids is 2. The van der Waals surface area contributed by atoms with E-state index in [-0.39, 0.29) is 19.1 Å². The molecule has 1 aromatic heterocycles. The first kappa shape index (κ1) is 16.0. The first-order valence-electron chi connectivity index (χ1n) is 8.24. The molecular formula is C18H18N2O4S. The Hall–Kier alpha value is -2.54. The fourth-order valence-electron chi connectivity index (χ4n) is 3.32. The Balaban J connectivity index is 1.53. The largest absolute Gasteiger partial charge is 0.454 e. The molecule has 0 saturated heterocycles. The number of nitrogens with two attached hydrogens (primary N) is 1. The number of rotatable bonds is 4. The molecule has 1 aromatic carbocycles. The summed E-state index contributed by atoms with van der Waals surface area (Å²) in [6.45, 7) is 0.202. The van der Waals surface area contributed by atoms with Gasteiger partial charge in [0.2, 0.25) is 12.7 Å². The van der Waals surface area contributed by atoms with Gasteiger partial charge in [-0.1, -0.05) is 6.07 Å². The summed E-state index contributed by atoms with van der Waals surface area (Å²) in [5.41, 5.74) is 7.88. The number of fused-ring (bicyclic) bond motifs is 2. The molecule has 2 aromatic rings. The topological polar surface area (TPSA) is 90.7 Å². The quantitative estimate of drug-likeness (QED) is 0.879. The van der Waals surface area contributed by atoms with Crippen molar-refractivity contribution in [2.45, 2.75) is 32.1 Å². The molecule has 2 amide bonds. The van der Waals surface area contributed by atoms with Crippen LogP contribution in [0.15, 0.2) is 18.2 Å². The van der Waals surface area contributed by atoms with Crippen LogP contribution >= 0.6 is 11.3 Å². The molecular weight excluding hydrogens is 340 g/mol. The summed E-state index contributed by atoms with van der Waals surface area (Å²) in [4.78, 5) is 25.5. The van der Waals surface area contributed by atoms with Crippen LogP contribution < -0.4 is 20.5 Å². The van der Waals surface area contributed by atoms with Crippen molar-refractivity contribution in [2.24, 2.45) is 5.73 Å². The van der Waals surface area contributed by atoms with Crippen LogP contribution in [-0.2, 0) is 24.1 Å². The predicted molar refractivity (Wildman–Crippen MR) is 94.4 cm³/mol. The van der Waals surface area contributed by atoms with Gasteiger partial charge in [0.1, 0.15) is 5.00 Å². The van der Waals surface area contributed by atoms with Gasteiger partial charge >= 0.3 is 0 Å². The van der Waals surface area contributed by atoms with E-state index < -0.39 is 5.91 Å². The van der Waals surface area contributed by atoms with E-state index in [4.69, 9.17) is 15.2 Å². The van der Waals surface area contributed by atoms with Gasteiger partial charge in [-0.15, -0.1) is 11.3 Å². The highest BCUT2D eigenvalue weighted by molar-refractivity contribution is 7.17. The minimum atomic E-state index is -0.474. The van der Waals surface area contributed by atoms with Gasteiger partial charge in [-0.25, -0.2) is 0 Å². The van der Waals surface area contributed by atoms with Crippen molar-refractivity contribution in [1.29, 1.82) is 0 Å². The molecule has 0 atom stereocenters. The molecule has 7 heteroatoms. The zero-order valence-electron chi connectivity index (χ0n) is 13.6. The maximum absolute atomic E-state index is 12.4. The van der Waals surface area contributed by atoms with Crippen molar-refractivity contribution in [2.75, 3.05) is 12.1 Å². The first-order valence-corrected chi connectivity index (χ1v) is 9.06. The van der Waals surface area contributed by atoms with Crippen LogP contribution in [0.5, 0.6) is 11.5 Å². The fraction of sp³-hybridized carbons (Fsp3) is 0.333. The van der Waals surface area contributed by atoms with Crippen molar-refractivity contribution < 1.29 is 19.1 Å². The molecule has 1 aliphatic heterocycles. The highest BCUT2D eigenvalue weighted by Gasteiger charge is 2.25. The van der Waals surface area contributed by atoms with Crippen molar-refractivity contribution in [3.8, 4) is 11.5 Å². The van der Waals surface area contributed by atoms with Gasteiger partial charge in [-0.05, 0) is 48.9 Å². The van der Waals surface area contributed by atoms with Crippen LogP contribution in [0.2, 0.25) is 0 Å². The zero-order chi connectivity index (χ0) is 17.4. The lowest BCUT2D eigenvalue weighted by Crippen LogP contribution is -2.19. The summed E-state index contributed by atoms with van der Waals surface area (Å²) < 4.78 is 10.6. The van der Waals surface area contributed by atoms with Gasteiger partial charge in [-0.3, -0.25) is 9.59 Å². The van der Waals surface area contributed by atoms with E-state index in [9.17, 15) is 9.59 Å². The summed E-state index contributed by atoms with van der Waals surface area (Å²) in [6.07, 6.45) is 4.14. The maximum atomic E-state index is 12.4. The Labute approximate surface area is 148 Å². The minimum absolute atomic E-state index is 0.181. The SMILES string of the molecule is NC(=O)c1c(NC(=O)Cc2ccc3c(c2)OCO3)sc2c1CCCC2. The van der Waals surface area contributed by atoms with Gasteiger partial charge in [0.05, 0.1) is 12.0 Å². The lowest BCUT2D eigenvalue weighted by molar-refractivity contribution is -0.115. The lowest BCUT2D eigenvalue weighted by Gasteiger charge is -2.11. The molecule has 0 spiro atoms. The summed E-state index contributed by atoms with van der Waals surface area (Å²) in [5, 5.41) is 3.45. The van der Waals surface area contributed by atoms with Gasteiger partial charge in [0.15, 0.2) is 11.5 Å². The van der Waals surface area contributed by atoms with Crippen molar-refractivity contribution in [3.05, 3.63) is 39.8 Å². The molecule has 25 heavy (non-hydrogen) atoms. The summed E-state index contributed by atoms with van der Waals surface area (Å²) in [6, 6.07) is 5.43. The molecule has 0 bridgehead atoms. The van der Waals surface area contributed by atoms with E-state index in [1.54, 1.807) is 12.1 Å². The number of nitrogens with one attached hydrogen (secondary N) is 1. The van der Waals surface area contributed by atoms with Gasteiger partial charge in [0.25, 0.3) is 5.91 Å². The van der Waals surface area contributed by atoms with Crippen molar-refractivity contribution in [3.63, 3.8) is 0 Å². The average Bonchev–Trinajstić information content (AvgIpc) is 3.17. The molecule has 0 radical (unpaired) electrons. The van der Waals surface area contributed by atoms with E-state index in [1.807, 2.05) is 6.07 Å². The van der Waals surface area contributed by atoms with E-state index in [1.165, 1.54) is 16.2 Å². The first-order chi connectivity index (χ1) is 12.1. The average molecular weight is 358 g/mol. The summed E-state index contributed by atoms with van der Waals surface area (Å²) in [7, 11) is 0. The monoisotopic (exact) mass is 358 g/mol. The van der Waals surface area contributed by atoms with E-state index in [0.29, 0.717) is 22.1 Å². The molecule has 0 unspecified atom stereocenters. The third kappa shape index (κ3) is 3.07. The molecule has 1 aliphatic carbocycles. The second-order valence-corrected chi connectivity index (χ2v) is 7.30. The van der Waals surface area contributed by atoms with Gasteiger partial charge in [-0.2, -0.15) is 0 Å². The number of carbonyl (C=O) groups is 2. The smallest absolute Gasteiger partial charge is 0.251 e. The minimum Gasteiger partial charge on any atom is -0.454 e.